The van der Waals surface area contributed by atoms with Gasteiger partial charge >= 0.3 is 0 Å². The lowest BCUT2D eigenvalue weighted by molar-refractivity contribution is 0.116. The molecule has 1 aromatic carbocycles. The molecule has 4 N–H and O–H groups in total. The molecule has 1 aromatic rings. The van der Waals surface area contributed by atoms with E-state index in [-0.39, 0.29) is 10.9 Å². The molecule has 2 atom stereocenters. The van der Waals surface area contributed by atoms with Crippen LogP contribution in [0.15, 0.2) is 23.1 Å². The zero-order chi connectivity index (χ0) is 15.6. The van der Waals surface area contributed by atoms with E-state index >= 15 is 0 Å². The number of aliphatic hydroxyl groups is 1. The summed E-state index contributed by atoms with van der Waals surface area (Å²) >= 11 is 0. The Balaban J connectivity index is 2.27. The van der Waals surface area contributed by atoms with Crippen LogP contribution in [0.25, 0.3) is 0 Å². The third kappa shape index (κ3) is 3.48. The Morgan fingerprint density at radius 1 is 1.29 bits per heavy atom. The summed E-state index contributed by atoms with van der Waals surface area (Å²) in [5.41, 5.74) is 6.96. The first kappa shape index (κ1) is 16.1. The fraction of sp³-hybridized carbons (Fsp3) is 0.571. The van der Waals surface area contributed by atoms with E-state index < -0.39 is 16.1 Å². The van der Waals surface area contributed by atoms with Crippen molar-refractivity contribution in [3.63, 3.8) is 0 Å². The molecule has 0 aromatic heterocycles. The van der Waals surface area contributed by atoms with Crippen LogP contribution in [0.3, 0.4) is 0 Å². The van der Waals surface area contributed by atoms with Gasteiger partial charge in [0.15, 0.2) is 0 Å². The number of rotatable bonds is 4. The predicted octanol–water partition coefficient (Wildman–Crippen LogP) is 1.23. The molecule has 7 heteroatoms. The van der Waals surface area contributed by atoms with Crippen molar-refractivity contribution in [2.24, 2.45) is 0 Å². The molecule has 1 aliphatic rings. The summed E-state index contributed by atoms with van der Waals surface area (Å²) in [4.78, 5) is 0.189. The van der Waals surface area contributed by atoms with Gasteiger partial charge in [0.2, 0.25) is 10.0 Å². The van der Waals surface area contributed by atoms with Gasteiger partial charge < -0.3 is 16.2 Å². The van der Waals surface area contributed by atoms with E-state index in [2.05, 4.69) is 5.32 Å². The van der Waals surface area contributed by atoms with Crippen LogP contribution in [0.1, 0.15) is 25.7 Å². The maximum Gasteiger partial charge on any atom is 0.242 e. The van der Waals surface area contributed by atoms with Crippen molar-refractivity contribution in [1.82, 2.24) is 4.31 Å². The predicted molar refractivity (Wildman–Crippen MR) is 83.6 cm³/mol. The minimum absolute atomic E-state index is 0.0849. The molecule has 0 aliphatic heterocycles. The molecule has 0 radical (unpaired) electrons. The molecule has 1 saturated carbocycles. The molecule has 6 nitrogen and oxygen atoms in total. The van der Waals surface area contributed by atoms with Crippen LogP contribution in [0.4, 0.5) is 11.4 Å². The number of nitrogens with one attached hydrogen (secondary N) is 1. The smallest absolute Gasteiger partial charge is 0.242 e. The zero-order valence-electron chi connectivity index (χ0n) is 12.4. The number of hydrogen-bond donors (Lipinski definition) is 3. The van der Waals surface area contributed by atoms with Crippen molar-refractivity contribution in [3.8, 4) is 0 Å². The molecular weight excluding hydrogens is 290 g/mol. The molecule has 118 valence electrons. The van der Waals surface area contributed by atoms with Gasteiger partial charge in [-0.1, -0.05) is 12.8 Å². The fourth-order valence-corrected chi connectivity index (χ4v) is 3.44. The van der Waals surface area contributed by atoms with Gasteiger partial charge in [0.05, 0.1) is 28.4 Å². The number of nitrogens with two attached hydrogens (primary N) is 1. The van der Waals surface area contributed by atoms with E-state index in [1.54, 1.807) is 6.07 Å². The van der Waals surface area contributed by atoms with Gasteiger partial charge in [-0.05, 0) is 31.0 Å². The third-order valence-corrected chi connectivity index (χ3v) is 5.68. The lowest BCUT2D eigenvalue weighted by Crippen LogP contribution is -2.36. The van der Waals surface area contributed by atoms with Crippen LogP contribution in [0, 0.1) is 0 Å². The summed E-state index contributed by atoms with van der Waals surface area (Å²) < 4.78 is 25.5. The normalized spacial score (nSPS) is 23.2. The number of anilines is 2. The van der Waals surface area contributed by atoms with Gasteiger partial charge in [0, 0.05) is 14.1 Å². The first-order valence-corrected chi connectivity index (χ1v) is 8.53. The lowest BCUT2D eigenvalue weighted by Gasteiger charge is -2.29. The van der Waals surface area contributed by atoms with Gasteiger partial charge in [0.25, 0.3) is 0 Å². The molecule has 2 rings (SSSR count). The Kier molecular flexibility index (Phi) is 4.75. The van der Waals surface area contributed by atoms with Crippen LogP contribution in [0.5, 0.6) is 0 Å². The minimum Gasteiger partial charge on any atom is -0.397 e. The van der Waals surface area contributed by atoms with Crippen molar-refractivity contribution in [2.45, 2.75) is 42.7 Å². The second-order valence-electron chi connectivity index (χ2n) is 5.64. The molecule has 2 unspecified atom stereocenters. The highest BCUT2D eigenvalue weighted by molar-refractivity contribution is 7.89. The van der Waals surface area contributed by atoms with Gasteiger partial charge in [0.1, 0.15) is 0 Å². The van der Waals surface area contributed by atoms with Crippen molar-refractivity contribution in [1.29, 1.82) is 0 Å². The average molecular weight is 313 g/mol. The Labute approximate surface area is 126 Å². The molecule has 21 heavy (non-hydrogen) atoms. The van der Waals surface area contributed by atoms with E-state index in [0.29, 0.717) is 11.4 Å². The number of nitrogens with zero attached hydrogens (tertiary/aromatic N) is 1. The van der Waals surface area contributed by atoms with E-state index in [0.717, 1.165) is 30.0 Å². The Morgan fingerprint density at radius 3 is 2.57 bits per heavy atom. The first-order chi connectivity index (χ1) is 9.82. The summed E-state index contributed by atoms with van der Waals surface area (Å²) in [5, 5.41) is 13.2. The van der Waals surface area contributed by atoms with E-state index in [1.165, 1.54) is 26.2 Å². The van der Waals surface area contributed by atoms with Gasteiger partial charge in [-0.25, -0.2) is 12.7 Å². The highest BCUT2D eigenvalue weighted by Gasteiger charge is 2.24. The number of hydrogen-bond acceptors (Lipinski definition) is 5. The molecular formula is C14H23N3O3S. The number of aliphatic hydroxyl groups excluding tert-OH is 1. The van der Waals surface area contributed by atoms with E-state index in [9.17, 15) is 13.5 Å². The number of benzene rings is 1. The molecule has 0 amide bonds. The quantitative estimate of drug-likeness (QED) is 0.727. The van der Waals surface area contributed by atoms with E-state index in [4.69, 9.17) is 5.73 Å². The average Bonchev–Trinajstić information content (AvgIpc) is 2.43. The SMILES string of the molecule is CN(C)S(=O)(=O)c1ccc(N)c(NC2CCCCC2O)c1. The summed E-state index contributed by atoms with van der Waals surface area (Å²) in [7, 11) is -0.516. The topological polar surface area (TPSA) is 95.7 Å². The molecule has 1 fully saturated rings. The molecule has 0 saturated heterocycles. The molecule has 1 aliphatic carbocycles. The zero-order valence-corrected chi connectivity index (χ0v) is 13.2. The maximum absolute atomic E-state index is 12.2. The second-order valence-corrected chi connectivity index (χ2v) is 7.79. The van der Waals surface area contributed by atoms with Crippen LogP contribution in [-0.2, 0) is 10.0 Å². The molecule has 0 heterocycles. The number of sulfonamides is 1. The number of nitrogen functional groups attached to an aromatic ring is 1. The Hall–Kier alpha value is -1.31. The standard InChI is InChI=1S/C14H23N3O3S/c1-17(2)21(19,20)10-7-8-11(15)13(9-10)16-12-5-3-4-6-14(12)18/h7-9,12,14,16,18H,3-6,15H2,1-2H3. The van der Waals surface area contributed by atoms with Crippen LogP contribution >= 0.6 is 0 Å². The second kappa shape index (κ2) is 6.21. The highest BCUT2D eigenvalue weighted by atomic mass is 32.2. The first-order valence-electron chi connectivity index (χ1n) is 7.09. The van der Waals surface area contributed by atoms with Crippen molar-refractivity contribution in [3.05, 3.63) is 18.2 Å². The van der Waals surface area contributed by atoms with Crippen LogP contribution in [-0.4, -0.2) is 44.1 Å². The summed E-state index contributed by atoms with van der Waals surface area (Å²) in [6, 6.07) is 4.52. The summed E-state index contributed by atoms with van der Waals surface area (Å²) in [6.07, 6.45) is 3.25. The third-order valence-electron chi connectivity index (χ3n) is 3.87. The van der Waals surface area contributed by atoms with Crippen molar-refractivity contribution in [2.75, 3.05) is 25.1 Å². The molecule has 0 spiro atoms. The fourth-order valence-electron chi connectivity index (χ4n) is 2.51. The highest BCUT2D eigenvalue weighted by Crippen LogP contribution is 2.28. The van der Waals surface area contributed by atoms with Gasteiger partial charge in [-0.3, -0.25) is 0 Å². The van der Waals surface area contributed by atoms with Gasteiger partial charge in [-0.2, -0.15) is 0 Å². The summed E-state index contributed by atoms with van der Waals surface area (Å²) in [5.74, 6) is 0. The van der Waals surface area contributed by atoms with Crippen LogP contribution in [0.2, 0.25) is 0 Å². The van der Waals surface area contributed by atoms with Crippen molar-refractivity contribution >= 4 is 21.4 Å². The van der Waals surface area contributed by atoms with Crippen LogP contribution < -0.4 is 11.1 Å². The Morgan fingerprint density at radius 2 is 1.95 bits per heavy atom. The Bertz CT molecular complexity index is 601. The monoisotopic (exact) mass is 313 g/mol. The maximum atomic E-state index is 12.2. The summed E-state index contributed by atoms with van der Waals surface area (Å²) in [6.45, 7) is 0. The largest absolute Gasteiger partial charge is 0.397 e. The van der Waals surface area contributed by atoms with E-state index in [1.807, 2.05) is 0 Å². The van der Waals surface area contributed by atoms with Gasteiger partial charge in [-0.15, -0.1) is 0 Å². The molecule has 0 bridgehead atoms. The van der Waals surface area contributed by atoms with Crippen molar-refractivity contribution < 1.29 is 13.5 Å². The lowest BCUT2D eigenvalue weighted by atomic mass is 9.92. The minimum atomic E-state index is -3.50.